The lowest BCUT2D eigenvalue weighted by molar-refractivity contribution is 1.16. The minimum atomic E-state index is 0.626. The van der Waals surface area contributed by atoms with Crippen molar-refractivity contribution >= 4 is 11.8 Å². The topological polar surface area (TPSA) is 26.0 Å². The minimum absolute atomic E-state index is 0.626. The van der Waals surface area contributed by atoms with Gasteiger partial charge in [0, 0.05) is 12.3 Å². The van der Waals surface area contributed by atoms with Crippen LogP contribution in [-0.2, 0) is 0 Å². The van der Waals surface area contributed by atoms with Crippen molar-refractivity contribution < 1.29 is 0 Å². The molecule has 0 atom stereocenters. The van der Waals surface area contributed by atoms with Crippen molar-refractivity contribution in [1.82, 2.24) is 0 Å². The first-order valence-corrected chi connectivity index (χ1v) is 3.56. The standard InChI is InChI=1S/C5H11NS/c1-5(3-6)4-7-2/h1,3-4,6H2,2H3. The molecule has 0 aliphatic heterocycles. The summed E-state index contributed by atoms with van der Waals surface area (Å²) in [5.41, 5.74) is 6.36. The Morgan fingerprint density at radius 3 is 2.57 bits per heavy atom. The first-order valence-electron chi connectivity index (χ1n) is 2.17. The lowest BCUT2D eigenvalue weighted by Crippen LogP contribution is -2.02. The van der Waals surface area contributed by atoms with Gasteiger partial charge in [-0.05, 0) is 6.26 Å². The van der Waals surface area contributed by atoms with Crippen molar-refractivity contribution in [2.75, 3.05) is 18.6 Å². The van der Waals surface area contributed by atoms with Gasteiger partial charge in [-0.3, -0.25) is 0 Å². The Kier molecular flexibility index (Phi) is 4.25. The van der Waals surface area contributed by atoms with Crippen molar-refractivity contribution in [3.8, 4) is 0 Å². The number of rotatable bonds is 3. The molecule has 0 aliphatic carbocycles. The van der Waals surface area contributed by atoms with Gasteiger partial charge >= 0.3 is 0 Å². The van der Waals surface area contributed by atoms with Crippen molar-refractivity contribution in [3.63, 3.8) is 0 Å². The van der Waals surface area contributed by atoms with E-state index in [9.17, 15) is 0 Å². The van der Waals surface area contributed by atoms with Crippen LogP contribution in [0.2, 0.25) is 0 Å². The molecule has 2 N–H and O–H groups in total. The van der Waals surface area contributed by atoms with Crippen LogP contribution in [0.4, 0.5) is 0 Å². The van der Waals surface area contributed by atoms with Crippen molar-refractivity contribution in [2.24, 2.45) is 5.73 Å². The number of nitrogens with two attached hydrogens (primary N) is 1. The van der Waals surface area contributed by atoms with Crippen LogP contribution in [-0.4, -0.2) is 18.6 Å². The second kappa shape index (κ2) is 4.22. The van der Waals surface area contributed by atoms with E-state index in [4.69, 9.17) is 5.73 Å². The number of hydrogen-bond donors (Lipinski definition) is 1. The van der Waals surface area contributed by atoms with Crippen molar-refractivity contribution in [3.05, 3.63) is 12.2 Å². The van der Waals surface area contributed by atoms with Crippen LogP contribution in [0.25, 0.3) is 0 Å². The Labute approximate surface area is 49.0 Å². The van der Waals surface area contributed by atoms with E-state index in [0.29, 0.717) is 6.54 Å². The summed E-state index contributed by atoms with van der Waals surface area (Å²) in [6.45, 7) is 4.34. The lowest BCUT2D eigenvalue weighted by Gasteiger charge is -1.94. The van der Waals surface area contributed by atoms with E-state index in [1.165, 1.54) is 0 Å². The molecule has 0 fully saturated rings. The molecular formula is C5H11NS. The van der Waals surface area contributed by atoms with Crippen LogP contribution in [0.15, 0.2) is 12.2 Å². The molecular weight excluding hydrogens is 106 g/mol. The summed E-state index contributed by atoms with van der Waals surface area (Å²) in [6.07, 6.45) is 2.04. The van der Waals surface area contributed by atoms with Gasteiger partial charge < -0.3 is 5.73 Å². The SMILES string of the molecule is C=C(CN)CSC. The lowest BCUT2D eigenvalue weighted by atomic mass is 10.4. The molecule has 0 unspecified atom stereocenters. The first-order chi connectivity index (χ1) is 3.31. The Morgan fingerprint density at radius 2 is 2.43 bits per heavy atom. The molecule has 0 rings (SSSR count). The first kappa shape index (κ1) is 7.05. The normalized spacial score (nSPS) is 8.86. The summed E-state index contributed by atoms with van der Waals surface area (Å²) < 4.78 is 0. The van der Waals surface area contributed by atoms with Gasteiger partial charge in [0.05, 0.1) is 0 Å². The van der Waals surface area contributed by atoms with E-state index < -0.39 is 0 Å². The number of hydrogen-bond acceptors (Lipinski definition) is 2. The summed E-state index contributed by atoms with van der Waals surface area (Å²) in [5, 5.41) is 0. The van der Waals surface area contributed by atoms with Crippen molar-refractivity contribution in [1.29, 1.82) is 0 Å². The fourth-order valence-corrected chi connectivity index (χ4v) is 0.789. The zero-order chi connectivity index (χ0) is 5.70. The maximum Gasteiger partial charge on any atom is 0.0150 e. The third kappa shape index (κ3) is 3.89. The molecule has 1 nitrogen and oxygen atoms in total. The van der Waals surface area contributed by atoms with E-state index in [1.807, 2.05) is 6.26 Å². The molecule has 0 aromatic carbocycles. The second-order valence-electron chi connectivity index (χ2n) is 1.39. The predicted molar refractivity (Wildman–Crippen MR) is 36.6 cm³/mol. The largest absolute Gasteiger partial charge is 0.327 e. The zero-order valence-corrected chi connectivity index (χ0v) is 5.42. The van der Waals surface area contributed by atoms with Gasteiger partial charge in [0.25, 0.3) is 0 Å². The molecule has 0 heterocycles. The third-order valence-electron chi connectivity index (χ3n) is 0.637. The highest BCUT2D eigenvalue weighted by molar-refractivity contribution is 7.98. The molecule has 2 heteroatoms. The molecule has 7 heavy (non-hydrogen) atoms. The molecule has 0 bridgehead atoms. The summed E-state index contributed by atoms with van der Waals surface area (Å²) in [5.74, 6) is 0.997. The van der Waals surface area contributed by atoms with Crippen LogP contribution in [0.5, 0.6) is 0 Å². The van der Waals surface area contributed by atoms with Gasteiger partial charge in [-0.25, -0.2) is 0 Å². The quantitative estimate of drug-likeness (QED) is 0.555. The summed E-state index contributed by atoms with van der Waals surface area (Å²) in [6, 6.07) is 0. The van der Waals surface area contributed by atoms with Gasteiger partial charge in [0.1, 0.15) is 0 Å². The Hall–Kier alpha value is 0.0500. The van der Waals surface area contributed by atoms with Gasteiger partial charge in [-0.15, -0.1) is 0 Å². The van der Waals surface area contributed by atoms with Gasteiger partial charge in [-0.2, -0.15) is 11.8 Å². The fraction of sp³-hybridized carbons (Fsp3) is 0.600. The van der Waals surface area contributed by atoms with Gasteiger partial charge in [-0.1, -0.05) is 12.2 Å². The molecule has 0 aromatic heterocycles. The summed E-state index contributed by atoms with van der Waals surface area (Å²) >= 11 is 1.75. The monoisotopic (exact) mass is 117 g/mol. The van der Waals surface area contributed by atoms with E-state index >= 15 is 0 Å². The minimum Gasteiger partial charge on any atom is -0.327 e. The molecule has 0 saturated heterocycles. The van der Waals surface area contributed by atoms with Crippen LogP contribution in [0.3, 0.4) is 0 Å². The maximum absolute atomic E-state index is 5.25. The highest BCUT2D eigenvalue weighted by Crippen LogP contribution is 1.97. The average Bonchev–Trinajstić information content (AvgIpc) is 1.68. The molecule has 0 aromatic rings. The Bertz CT molecular complexity index is 61.1. The van der Waals surface area contributed by atoms with Crippen molar-refractivity contribution in [2.45, 2.75) is 0 Å². The third-order valence-corrected chi connectivity index (χ3v) is 1.33. The molecule has 0 saturated carbocycles. The number of thioether (sulfide) groups is 1. The van der Waals surface area contributed by atoms with Crippen LogP contribution < -0.4 is 5.73 Å². The molecule has 0 spiro atoms. The van der Waals surface area contributed by atoms with E-state index in [0.717, 1.165) is 11.3 Å². The van der Waals surface area contributed by atoms with E-state index in [-0.39, 0.29) is 0 Å². The van der Waals surface area contributed by atoms with Gasteiger partial charge in [0.2, 0.25) is 0 Å². The van der Waals surface area contributed by atoms with Crippen LogP contribution >= 0.6 is 11.8 Å². The molecule has 0 radical (unpaired) electrons. The van der Waals surface area contributed by atoms with E-state index in [1.54, 1.807) is 11.8 Å². The Balaban J connectivity index is 3.00. The highest BCUT2D eigenvalue weighted by atomic mass is 32.2. The predicted octanol–water partition coefficient (Wildman–Crippen LogP) is 0.864. The summed E-state index contributed by atoms with van der Waals surface area (Å²) in [7, 11) is 0. The zero-order valence-electron chi connectivity index (χ0n) is 4.61. The Morgan fingerprint density at radius 1 is 1.86 bits per heavy atom. The van der Waals surface area contributed by atoms with Crippen LogP contribution in [0.1, 0.15) is 0 Å². The smallest absolute Gasteiger partial charge is 0.0150 e. The van der Waals surface area contributed by atoms with Crippen LogP contribution in [0, 0.1) is 0 Å². The fourth-order valence-electron chi connectivity index (χ4n) is 0.263. The highest BCUT2D eigenvalue weighted by Gasteiger charge is 1.83. The second-order valence-corrected chi connectivity index (χ2v) is 2.25. The average molecular weight is 117 g/mol. The van der Waals surface area contributed by atoms with E-state index in [2.05, 4.69) is 6.58 Å². The maximum atomic E-state index is 5.25. The molecule has 42 valence electrons. The molecule has 0 amide bonds. The summed E-state index contributed by atoms with van der Waals surface area (Å²) in [4.78, 5) is 0. The molecule has 0 aliphatic rings. The van der Waals surface area contributed by atoms with Gasteiger partial charge in [0.15, 0.2) is 0 Å².